The Balaban J connectivity index is 0.000000149. The summed E-state index contributed by atoms with van der Waals surface area (Å²) in [5, 5.41) is 9.02. The maximum absolute atomic E-state index is 9.02. The van der Waals surface area contributed by atoms with Gasteiger partial charge in [-0.3, -0.25) is 0 Å². The van der Waals surface area contributed by atoms with E-state index in [1.54, 1.807) is 12.1 Å². The summed E-state index contributed by atoms with van der Waals surface area (Å²) in [7, 11) is 0. The first-order valence-corrected chi connectivity index (χ1v) is 7.05. The quantitative estimate of drug-likeness (QED) is 0.861. The Morgan fingerprint density at radius 2 is 1.50 bits per heavy atom. The molecule has 0 spiro atoms. The topological polar surface area (TPSA) is 54.5 Å². The number of epoxide rings is 2. The van der Waals surface area contributed by atoms with Gasteiger partial charge in [-0.25, -0.2) is 0 Å². The molecule has 0 bridgehead atoms. The fraction of sp³-hybridized carbons (Fsp3) is 0.625. The third-order valence-electron chi connectivity index (χ3n) is 3.15. The summed E-state index contributed by atoms with van der Waals surface area (Å²) < 4.78 is 15.1. The van der Waals surface area contributed by atoms with Crippen molar-refractivity contribution in [3.05, 3.63) is 29.8 Å². The number of rotatable bonds is 4. The number of phenolic OH excluding ortho intramolecular Hbond substituents is 1. The minimum absolute atomic E-state index is 0.174. The molecule has 0 radical (unpaired) electrons. The zero-order valence-electron chi connectivity index (χ0n) is 12.5. The van der Waals surface area contributed by atoms with Gasteiger partial charge in [-0.1, -0.05) is 32.9 Å². The van der Waals surface area contributed by atoms with Crippen molar-refractivity contribution in [2.45, 2.75) is 38.4 Å². The van der Waals surface area contributed by atoms with Gasteiger partial charge in [-0.15, -0.1) is 0 Å². The molecular formula is C16H24O4. The van der Waals surface area contributed by atoms with E-state index >= 15 is 0 Å². The molecule has 2 atom stereocenters. The molecule has 1 N–H and O–H groups in total. The van der Waals surface area contributed by atoms with Gasteiger partial charge < -0.3 is 19.3 Å². The van der Waals surface area contributed by atoms with Crippen LogP contribution in [0.3, 0.4) is 0 Å². The average molecular weight is 280 g/mol. The zero-order chi connectivity index (χ0) is 14.6. The Kier molecular flexibility index (Phi) is 5.02. The summed E-state index contributed by atoms with van der Waals surface area (Å²) in [6.07, 6.45) is 0.785. The second-order valence-corrected chi connectivity index (χ2v) is 6.25. The first-order valence-electron chi connectivity index (χ1n) is 7.05. The summed E-state index contributed by atoms with van der Waals surface area (Å²) in [5.41, 5.74) is 1.42. The van der Waals surface area contributed by atoms with E-state index in [-0.39, 0.29) is 5.41 Å². The minimum atomic E-state index is 0.174. The molecule has 3 rings (SSSR count). The van der Waals surface area contributed by atoms with Crippen LogP contribution in [-0.2, 0) is 19.6 Å². The molecule has 2 aliphatic rings. The Labute approximate surface area is 120 Å². The third kappa shape index (κ3) is 5.90. The highest BCUT2D eigenvalue weighted by atomic mass is 16.6. The van der Waals surface area contributed by atoms with E-state index in [9.17, 15) is 0 Å². The lowest BCUT2D eigenvalue weighted by atomic mass is 9.87. The monoisotopic (exact) mass is 280 g/mol. The lowest BCUT2D eigenvalue weighted by Crippen LogP contribution is -2.10. The predicted molar refractivity (Wildman–Crippen MR) is 77.1 cm³/mol. The molecule has 2 saturated heterocycles. The largest absolute Gasteiger partial charge is 0.508 e. The highest BCUT2D eigenvalue weighted by molar-refractivity contribution is 5.29. The van der Waals surface area contributed by atoms with Crippen LogP contribution >= 0.6 is 0 Å². The summed E-state index contributed by atoms with van der Waals surface area (Å²) in [5.74, 6) is 0.331. The molecule has 0 aliphatic carbocycles. The molecule has 4 nitrogen and oxygen atoms in total. The standard InChI is InChI=1S/C10H14O.C6H10O3/c1-10(2,3)8-4-6-9(11)7-5-8;1(5-3-8-5)7-2-6-4-9-6/h4-7,11H,1-3H3;5-6H,1-4H2. The van der Waals surface area contributed by atoms with E-state index in [1.807, 2.05) is 12.1 Å². The summed E-state index contributed by atoms with van der Waals surface area (Å²) in [6.45, 7) is 9.72. The Morgan fingerprint density at radius 1 is 1.05 bits per heavy atom. The van der Waals surface area contributed by atoms with Crippen molar-refractivity contribution >= 4 is 0 Å². The van der Waals surface area contributed by atoms with Crippen molar-refractivity contribution < 1.29 is 19.3 Å². The van der Waals surface area contributed by atoms with Gasteiger partial charge in [0.15, 0.2) is 0 Å². The van der Waals surface area contributed by atoms with Gasteiger partial charge in [-0.2, -0.15) is 0 Å². The van der Waals surface area contributed by atoms with Crippen molar-refractivity contribution in [3.8, 4) is 5.75 Å². The van der Waals surface area contributed by atoms with E-state index in [4.69, 9.17) is 19.3 Å². The van der Waals surface area contributed by atoms with Gasteiger partial charge in [0.1, 0.15) is 18.0 Å². The molecule has 20 heavy (non-hydrogen) atoms. The van der Waals surface area contributed by atoms with E-state index in [1.165, 1.54) is 5.56 Å². The first kappa shape index (κ1) is 15.3. The van der Waals surface area contributed by atoms with Crippen LogP contribution in [0.2, 0.25) is 0 Å². The minimum Gasteiger partial charge on any atom is -0.508 e. The highest BCUT2D eigenvalue weighted by Gasteiger charge is 2.26. The third-order valence-corrected chi connectivity index (χ3v) is 3.15. The van der Waals surface area contributed by atoms with Crippen LogP contribution in [0.1, 0.15) is 26.3 Å². The van der Waals surface area contributed by atoms with Crippen LogP contribution in [-0.4, -0.2) is 43.7 Å². The van der Waals surface area contributed by atoms with E-state index in [0.717, 1.165) is 26.4 Å². The Morgan fingerprint density at radius 3 is 1.85 bits per heavy atom. The second-order valence-electron chi connectivity index (χ2n) is 6.25. The summed E-state index contributed by atoms with van der Waals surface area (Å²) in [4.78, 5) is 0. The highest BCUT2D eigenvalue weighted by Crippen LogP contribution is 2.23. The normalized spacial score (nSPS) is 23.8. The molecule has 1 aromatic rings. The van der Waals surface area contributed by atoms with Crippen molar-refractivity contribution in [2.75, 3.05) is 26.4 Å². The number of phenols is 1. The molecule has 1 aromatic carbocycles. The predicted octanol–water partition coefficient (Wildman–Crippen LogP) is 2.49. The molecule has 112 valence electrons. The zero-order valence-corrected chi connectivity index (χ0v) is 12.5. The fourth-order valence-corrected chi connectivity index (χ4v) is 1.62. The number of hydrogen-bond acceptors (Lipinski definition) is 4. The van der Waals surface area contributed by atoms with Gasteiger partial charge in [0.05, 0.1) is 26.4 Å². The number of hydrogen-bond donors (Lipinski definition) is 1. The second kappa shape index (κ2) is 6.57. The molecule has 0 aromatic heterocycles. The molecule has 2 heterocycles. The summed E-state index contributed by atoms with van der Waals surface area (Å²) in [6, 6.07) is 7.35. The molecule has 2 fully saturated rings. The van der Waals surface area contributed by atoms with Crippen LogP contribution in [0.4, 0.5) is 0 Å². The van der Waals surface area contributed by atoms with Gasteiger partial charge in [0.25, 0.3) is 0 Å². The van der Waals surface area contributed by atoms with Gasteiger partial charge in [0.2, 0.25) is 0 Å². The van der Waals surface area contributed by atoms with Crippen molar-refractivity contribution in [3.63, 3.8) is 0 Å². The smallest absolute Gasteiger partial charge is 0.115 e. The lowest BCUT2D eigenvalue weighted by Gasteiger charge is -2.18. The van der Waals surface area contributed by atoms with Crippen LogP contribution in [0.5, 0.6) is 5.75 Å². The SMILES string of the molecule is C(OCC1CO1)C1CO1.CC(C)(C)c1ccc(O)cc1. The van der Waals surface area contributed by atoms with E-state index in [0.29, 0.717) is 18.0 Å². The Bertz CT molecular complexity index is 387. The van der Waals surface area contributed by atoms with Gasteiger partial charge >= 0.3 is 0 Å². The van der Waals surface area contributed by atoms with Crippen LogP contribution in [0.25, 0.3) is 0 Å². The first-order chi connectivity index (χ1) is 9.45. The van der Waals surface area contributed by atoms with Crippen LogP contribution < -0.4 is 0 Å². The molecule has 4 heteroatoms. The molecule has 0 saturated carbocycles. The van der Waals surface area contributed by atoms with Crippen LogP contribution in [0.15, 0.2) is 24.3 Å². The van der Waals surface area contributed by atoms with E-state index in [2.05, 4.69) is 20.8 Å². The number of benzene rings is 1. The van der Waals surface area contributed by atoms with Crippen LogP contribution in [0, 0.1) is 0 Å². The molecular weight excluding hydrogens is 256 g/mol. The summed E-state index contributed by atoms with van der Waals surface area (Å²) >= 11 is 0. The number of aromatic hydroxyl groups is 1. The van der Waals surface area contributed by atoms with Gasteiger partial charge in [0, 0.05) is 0 Å². The van der Waals surface area contributed by atoms with Crippen molar-refractivity contribution in [1.82, 2.24) is 0 Å². The fourth-order valence-electron chi connectivity index (χ4n) is 1.62. The van der Waals surface area contributed by atoms with Gasteiger partial charge in [-0.05, 0) is 23.1 Å². The van der Waals surface area contributed by atoms with E-state index < -0.39 is 0 Å². The number of ether oxygens (including phenoxy) is 3. The maximum atomic E-state index is 9.02. The Hall–Kier alpha value is -1.10. The van der Waals surface area contributed by atoms with Crippen molar-refractivity contribution in [2.24, 2.45) is 0 Å². The van der Waals surface area contributed by atoms with Crippen molar-refractivity contribution in [1.29, 1.82) is 0 Å². The average Bonchev–Trinajstić information content (AvgIpc) is 3.24. The molecule has 2 unspecified atom stereocenters. The molecule has 2 aliphatic heterocycles. The lowest BCUT2D eigenvalue weighted by molar-refractivity contribution is 0.102. The molecule has 0 amide bonds. The maximum Gasteiger partial charge on any atom is 0.115 e.